The minimum Gasteiger partial charge on any atom is -0.268 e. The van der Waals surface area contributed by atoms with Crippen molar-refractivity contribution in [3.05, 3.63) is 62.0 Å². The molecule has 2 aromatic heterocycles. The molecule has 0 fully saturated rings. The normalized spacial score (nSPS) is 10.8. The molecule has 3 rings (SSSR count). The minimum absolute atomic E-state index is 0.0555. The van der Waals surface area contributed by atoms with Crippen LogP contribution in [0.4, 0.5) is 0 Å². The summed E-state index contributed by atoms with van der Waals surface area (Å²) < 4.78 is 1.74. The van der Waals surface area contributed by atoms with Crippen molar-refractivity contribution in [2.75, 3.05) is 0 Å². The first-order valence-electron chi connectivity index (χ1n) is 5.88. The Morgan fingerprint density at radius 2 is 2.21 bits per heavy atom. The van der Waals surface area contributed by atoms with Gasteiger partial charge in [0.15, 0.2) is 0 Å². The lowest BCUT2D eigenvalue weighted by atomic mass is 10.1. The molecule has 2 heterocycles. The highest BCUT2D eigenvalue weighted by atomic mass is 32.1. The fourth-order valence-corrected chi connectivity index (χ4v) is 3.24. The number of thiazole rings is 1. The number of nitrogens with zero attached hydrogens (tertiary/aromatic N) is 2. The monoisotopic (exact) mass is 288 g/mol. The average Bonchev–Trinajstić information content (AvgIpc) is 3.00. The van der Waals surface area contributed by atoms with Gasteiger partial charge in [0.1, 0.15) is 0 Å². The zero-order valence-electron chi connectivity index (χ0n) is 10.4. The Labute approximate surface area is 119 Å². The third-order valence-electron chi connectivity index (χ3n) is 2.81. The third kappa shape index (κ3) is 2.67. The molecule has 3 aromatic rings. The smallest absolute Gasteiger partial charge is 0.260 e. The van der Waals surface area contributed by atoms with Crippen molar-refractivity contribution >= 4 is 22.9 Å². The van der Waals surface area contributed by atoms with Crippen LogP contribution in [0.1, 0.15) is 10.6 Å². The van der Waals surface area contributed by atoms with Gasteiger partial charge in [0.2, 0.25) is 0 Å². The summed E-state index contributed by atoms with van der Waals surface area (Å²) in [5.74, 6) is 0. The van der Waals surface area contributed by atoms with Crippen LogP contribution in [0.15, 0.2) is 45.9 Å². The summed E-state index contributed by atoms with van der Waals surface area (Å²) in [6.07, 6.45) is 0. The van der Waals surface area contributed by atoms with Crippen LogP contribution in [0.3, 0.4) is 0 Å². The van der Waals surface area contributed by atoms with Crippen molar-refractivity contribution in [1.29, 1.82) is 0 Å². The van der Waals surface area contributed by atoms with Gasteiger partial charge in [-0.25, -0.2) is 4.98 Å². The molecule has 0 unspecified atom stereocenters. The molecule has 0 atom stereocenters. The molecule has 0 saturated heterocycles. The fraction of sp³-hybridized carbons (Fsp3) is 0.143. The summed E-state index contributed by atoms with van der Waals surface area (Å²) in [4.78, 5) is 16.0. The van der Waals surface area contributed by atoms with Crippen LogP contribution >= 0.6 is 22.9 Å². The van der Waals surface area contributed by atoms with E-state index in [1.807, 2.05) is 24.4 Å². The molecule has 0 spiro atoms. The Balaban J connectivity index is 1.92. The zero-order valence-corrected chi connectivity index (χ0v) is 12.0. The van der Waals surface area contributed by atoms with Gasteiger partial charge in [0, 0.05) is 22.4 Å². The van der Waals surface area contributed by atoms with Gasteiger partial charge in [-0.3, -0.25) is 8.75 Å². The third-order valence-corrected chi connectivity index (χ3v) is 4.41. The molecule has 3 nitrogen and oxygen atoms in total. The first-order valence-corrected chi connectivity index (χ1v) is 7.60. The quantitative estimate of drug-likeness (QED) is 0.740. The van der Waals surface area contributed by atoms with Crippen molar-refractivity contribution < 1.29 is 0 Å². The van der Waals surface area contributed by atoms with E-state index >= 15 is 0 Å². The van der Waals surface area contributed by atoms with Crippen molar-refractivity contribution in [2.24, 2.45) is 0 Å². The molecular weight excluding hydrogens is 276 g/mol. The van der Waals surface area contributed by atoms with Crippen molar-refractivity contribution in [1.82, 2.24) is 8.94 Å². The number of aryl methyl sites for hydroxylation is 1. The molecular formula is C14H12N2OS2. The van der Waals surface area contributed by atoms with Gasteiger partial charge >= 0.3 is 0 Å². The van der Waals surface area contributed by atoms with E-state index in [2.05, 4.69) is 22.5 Å². The molecule has 0 aliphatic heterocycles. The van der Waals surface area contributed by atoms with E-state index in [1.54, 1.807) is 21.4 Å². The van der Waals surface area contributed by atoms with Crippen molar-refractivity contribution in [3.8, 4) is 11.3 Å². The second-order valence-electron chi connectivity index (χ2n) is 4.24. The van der Waals surface area contributed by atoms with E-state index in [-0.39, 0.29) is 5.56 Å². The number of benzene rings is 1. The Morgan fingerprint density at radius 1 is 1.32 bits per heavy atom. The van der Waals surface area contributed by atoms with Crippen molar-refractivity contribution in [3.63, 3.8) is 0 Å². The Hall–Kier alpha value is -1.72. The van der Waals surface area contributed by atoms with Crippen LogP contribution in [-0.2, 0) is 6.54 Å². The molecule has 0 aliphatic rings. The summed E-state index contributed by atoms with van der Waals surface area (Å²) in [5, 5.41) is 4.94. The highest BCUT2D eigenvalue weighted by Gasteiger charge is 2.04. The molecule has 0 N–H and O–H groups in total. The highest BCUT2D eigenvalue weighted by molar-refractivity contribution is 7.09. The molecule has 5 heteroatoms. The molecule has 0 amide bonds. The Bertz CT molecular complexity index is 754. The maximum Gasteiger partial charge on any atom is 0.260 e. The summed E-state index contributed by atoms with van der Waals surface area (Å²) >= 11 is 3.09. The average molecular weight is 288 g/mol. The summed E-state index contributed by atoms with van der Waals surface area (Å²) in [6, 6.07) is 9.79. The Kier molecular flexibility index (Phi) is 3.31. The topological polar surface area (TPSA) is 34.9 Å². The summed E-state index contributed by atoms with van der Waals surface area (Å²) in [7, 11) is 0. The van der Waals surface area contributed by atoms with E-state index in [1.165, 1.54) is 11.5 Å². The maximum atomic E-state index is 11.5. The predicted molar refractivity (Wildman–Crippen MR) is 80.0 cm³/mol. The van der Waals surface area contributed by atoms with Crippen LogP contribution in [-0.4, -0.2) is 8.94 Å². The lowest BCUT2D eigenvalue weighted by molar-refractivity contribution is 0.850. The maximum absolute atomic E-state index is 11.5. The molecule has 0 aliphatic carbocycles. The van der Waals surface area contributed by atoms with Gasteiger partial charge in [-0.2, -0.15) is 0 Å². The van der Waals surface area contributed by atoms with E-state index in [4.69, 9.17) is 0 Å². The molecule has 0 radical (unpaired) electrons. The van der Waals surface area contributed by atoms with Crippen molar-refractivity contribution in [2.45, 2.75) is 13.5 Å². The van der Waals surface area contributed by atoms with Gasteiger partial charge < -0.3 is 0 Å². The molecule has 19 heavy (non-hydrogen) atoms. The van der Waals surface area contributed by atoms with Crippen LogP contribution < -0.4 is 5.56 Å². The Morgan fingerprint density at radius 3 is 2.89 bits per heavy atom. The lowest BCUT2D eigenvalue weighted by Crippen LogP contribution is -2.12. The summed E-state index contributed by atoms with van der Waals surface area (Å²) in [5.41, 5.74) is 3.28. The first-order chi connectivity index (χ1) is 9.22. The van der Waals surface area contributed by atoms with Crippen LogP contribution in [0.5, 0.6) is 0 Å². The lowest BCUT2D eigenvalue weighted by Gasteiger charge is -2.03. The van der Waals surface area contributed by atoms with E-state index in [9.17, 15) is 4.79 Å². The number of hydrogen-bond acceptors (Lipinski definition) is 4. The number of hydrogen-bond donors (Lipinski definition) is 0. The SMILES string of the molecule is Cc1nc(-c2cccc(Cn3sccc3=O)c2)cs1. The highest BCUT2D eigenvalue weighted by Crippen LogP contribution is 2.22. The standard InChI is InChI=1S/C14H12N2OS2/c1-10-15-13(9-18-10)12-4-2-3-11(7-12)8-16-14(17)5-6-19-16/h2-7,9H,8H2,1H3. The van der Waals surface area contributed by atoms with Gasteiger partial charge in [0.05, 0.1) is 17.2 Å². The van der Waals surface area contributed by atoms with Crippen LogP contribution in [0.25, 0.3) is 11.3 Å². The van der Waals surface area contributed by atoms with Gasteiger partial charge in [-0.15, -0.1) is 11.3 Å². The predicted octanol–water partition coefficient (Wildman–Crippen LogP) is 3.39. The fourth-order valence-electron chi connectivity index (χ4n) is 1.90. The molecule has 96 valence electrons. The molecule has 0 bridgehead atoms. The molecule has 1 aromatic carbocycles. The minimum atomic E-state index is 0.0555. The summed E-state index contributed by atoms with van der Waals surface area (Å²) in [6.45, 7) is 2.62. The second kappa shape index (κ2) is 5.11. The van der Waals surface area contributed by atoms with E-state index in [0.717, 1.165) is 21.8 Å². The van der Waals surface area contributed by atoms with E-state index in [0.29, 0.717) is 6.54 Å². The number of aromatic nitrogens is 2. The number of rotatable bonds is 3. The zero-order chi connectivity index (χ0) is 13.2. The molecule has 0 saturated carbocycles. The first kappa shape index (κ1) is 12.3. The van der Waals surface area contributed by atoms with E-state index < -0.39 is 0 Å². The van der Waals surface area contributed by atoms with Crippen LogP contribution in [0, 0.1) is 6.92 Å². The van der Waals surface area contributed by atoms with Crippen LogP contribution in [0.2, 0.25) is 0 Å². The van der Waals surface area contributed by atoms with Gasteiger partial charge in [-0.05, 0) is 18.6 Å². The van der Waals surface area contributed by atoms with Gasteiger partial charge in [-0.1, -0.05) is 29.7 Å². The second-order valence-corrected chi connectivity index (χ2v) is 6.22. The largest absolute Gasteiger partial charge is 0.268 e. The van der Waals surface area contributed by atoms with Gasteiger partial charge in [0.25, 0.3) is 5.56 Å².